The maximum Gasteiger partial charge on any atom is 0.224 e. The Morgan fingerprint density at radius 1 is 1.00 bits per heavy atom. The van der Waals surface area contributed by atoms with Crippen molar-refractivity contribution in [2.24, 2.45) is 0 Å². The van der Waals surface area contributed by atoms with Crippen LogP contribution < -0.4 is 10.2 Å². The van der Waals surface area contributed by atoms with Crippen LogP contribution in [0.4, 0.5) is 11.4 Å². The fourth-order valence-corrected chi connectivity index (χ4v) is 5.44. The van der Waals surface area contributed by atoms with Crippen molar-refractivity contribution in [2.45, 2.75) is 31.7 Å². The number of benzene rings is 2. The van der Waals surface area contributed by atoms with Crippen molar-refractivity contribution in [1.82, 2.24) is 0 Å². The van der Waals surface area contributed by atoms with Gasteiger partial charge in [0.05, 0.1) is 11.4 Å². The Kier molecular flexibility index (Phi) is 4.75. The Morgan fingerprint density at radius 3 is 2.50 bits per heavy atom. The van der Waals surface area contributed by atoms with Gasteiger partial charge in [0.25, 0.3) is 0 Å². The molecular weight excluding hydrogens is 392 g/mol. The monoisotopic (exact) mass is 414 g/mol. The summed E-state index contributed by atoms with van der Waals surface area (Å²) in [4.78, 5) is 29.2. The van der Waals surface area contributed by atoms with E-state index >= 15 is 0 Å². The smallest absolute Gasteiger partial charge is 0.224 e. The molecule has 0 saturated heterocycles. The number of carbonyl (C=O) groups is 2. The lowest BCUT2D eigenvalue weighted by molar-refractivity contribution is -0.117. The second-order valence-corrected chi connectivity index (χ2v) is 8.76. The van der Waals surface area contributed by atoms with E-state index < -0.39 is 6.04 Å². The minimum atomic E-state index is -0.405. The van der Waals surface area contributed by atoms with Gasteiger partial charge in [0, 0.05) is 29.5 Å². The SMILES string of the molecule is CC(=O)N1c2ccccc2NC2=C(C(=O)C[C@@H](c3ccccc3)C2)[C@H]1c1cccs1. The topological polar surface area (TPSA) is 49.4 Å². The first-order valence-electron chi connectivity index (χ1n) is 10.1. The van der Waals surface area contributed by atoms with Crippen LogP contribution in [0.25, 0.3) is 0 Å². The molecule has 5 heteroatoms. The van der Waals surface area contributed by atoms with E-state index in [0.29, 0.717) is 6.42 Å². The summed E-state index contributed by atoms with van der Waals surface area (Å²) >= 11 is 1.58. The molecule has 2 atom stereocenters. The van der Waals surface area contributed by atoms with Crippen molar-refractivity contribution in [2.75, 3.05) is 10.2 Å². The normalized spacial score (nSPS) is 20.8. The average Bonchev–Trinajstić information content (AvgIpc) is 3.23. The average molecular weight is 415 g/mol. The lowest BCUT2D eigenvalue weighted by Crippen LogP contribution is -2.36. The van der Waals surface area contributed by atoms with Crippen LogP contribution in [0.1, 0.15) is 42.2 Å². The van der Waals surface area contributed by atoms with Crippen LogP contribution >= 0.6 is 11.3 Å². The maximum absolute atomic E-state index is 13.6. The summed E-state index contributed by atoms with van der Waals surface area (Å²) in [6, 6.07) is 21.6. The van der Waals surface area contributed by atoms with Gasteiger partial charge in [-0.25, -0.2) is 0 Å². The Bertz CT molecular complexity index is 1130. The molecule has 0 unspecified atom stereocenters. The number of ketones is 1. The van der Waals surface area contributed by atoms with Crippen molar-refractivity contribution in [1.29, 1.82) is 0 Å². The second kappa shape index (κ2) is 7.58. The fraction of sp³-hybridized carbons (Fsp3) is 0.200. The Labute approximate surface area is 179 Å². The van der Waals surface area contributed by atoms with Gasteiger partial charge in [0.2, 0.25) is 5.91 Å². The van der Waals surface area contributed by atoms with Crippen molar-refractivity contribution in [3.8, 4) is 0 Å². The van der Waals surface area contributed by atoms with Gasteiger partial charge in [-0.1, -0.05) is 48.5 Å². The molecule has 2 aromatic carbocycles. The highest BCUT2D eigenvalue weighted by Crippen LogP contribution is 2.48. The molecule has 1 aliphatic carbocycles. The van der Waals surface area contributed by atoms with Crippen LogP contribution in [-0.4, -0.2) is 11.7 Å². The molecule has 3 aromatic rings. The number of hydrogen-bond acceptors (Lipinski definition) is 4. The molecule has 5 rings (SSSR count). The Hall–Kier alpha value is -3.18. The summed E-state index contributed by atoms with van der Waals surface area (Å²) in [5.41, 5.74) is 4.49. The van der Waals surface area contributed by atoms with E-state index in [-0.39, 0.29) is 17.6 Å². The van der Waals surface area contributed by atoms with Crippen molar-refractivity contribution in [3.05, 3.63) is 93.8 Å². The first kappa shape index (κ1) is 18.8. The van der Waals surface area contributed by atoms with Gasteiger partial charge in [0.1, 0.15) is 6.04 Å². The third kappa shape index (κ3) is 3.15. The molecule has 1 aliphatic heterocycles. The predicted molar refractivity (Wildman–Crippen MR) is 121 cm³/mol. The molecule has 0 radical (unpaired) electrons. The standard InChI is InChI=1S/C25H22N2O2S/c1-16(28)27-21-11-6-5-10-19(21)26-20-14-18(17-8-3-2-4-9-17)15-22(29)24(20)25(27)23-12-7-13-30-23/h2-13,18,25-26H,14-15H2,1H3/t18-,25+/m0/s1. The maximum atomic E-state index is 13.6. The third-order valence-electron chi connectivity index (χ3n) is 5.91. The number of nitrogens with zero attached hydrogens (tertiary/aromatic N) is 1. The first-order valence-corrected chi connectivity index (χ1v) is 11.0. The molecular formula is C25H22N2O2S. The van der Waals surface area contributed by atoms with Gasteiger partial charge in [-0.15, -0.1) is 11.3 Å². The highest BCUT2D eigenvalue weighted by Gasteiger charge is 2.41. The van der Waals surface area contributed by atoms with Crippen LogP contribution in [0.2, 0.25) is 0 Å². The van der Waals surface area contributed by atoms with Crippen LogP contribution in [0.3, 0.4) is 0 Å². The third-order valence-corrected chi connectivity index (χ3v) is 6.84. The van der Waals surface area contributed by atoms with Crippen LogP contribution in [-0.2, 0) is 9.59 Å². The molecule has 2 aliphatic rings. The summed E-state index contributed by atoms with van der Waals surface area (Å²) in [7, 11) is 0. The zero-order valence-electron chi connectivity index (χ0n) is 16.7. The second-order valence-electron chi connectivity index (χ2n) is 7.78. The summed E-state index contributed by atoms with van der Waals surface area (Å²) in [6.45, 7) is 1.57. The molecule has 30 heavy (non-hydrogen) atoms. The summed E-state index contributed by atoms with van der Waals surface area (Å²) in [5.74, 6) is 0.161. The van der Waals surface area contributed by atoms with Crippen LogP contribution in [0.15, 0.2) is 83.4 Å². The van der Waals surface area contributed by atoms with E-state index in [1.54, 1.807) is 23.2 Å². The number of allylic oxidation sites excluding steroid dienone is 1. The van der Waals surface area contributed by atoms with E-state index in [1.807, 2.05) is 60.0 Å². The van der Waals surface area contributed by atoms with E-state index in [2.05, 4.69) is 17.4 Å². The minimum absolute atomic E-state index is 0.0746. The summed E-state index contributed by atoms with van der Waals surface area (Å²) in [6.07, 6.45) is 1.20. The number of hydrogen-bond donors (Lipinski definition) is 1. The van der Waals surface area contributed by atoms with Gasteiger partial charge in [-0.2, -0.15) is 0 Å². The van der Waals surface area contributed by atoms with Gasteiger partial charge in [-0.05, 0) is 41.5 Å². The van der Waals surface area contributed by atoms with E-state index in [0.717, 1.165) is 33.9 Å². The van der Waals surface area contributed by atoms with Crippen molar-refractivity contribution < 1.29 is 9.59 Å². The lowest BCUT2D eigenvalue weighted by Gasteiger charge is -2.33. The Balaban J connectivity index is 1.69. The van der Waals surface area contributed by atoms with E-state index in [9.17, 15) is 9.59 Å². The van der Waals surface area contributed by atoms with E-state index in [1.165, 1.54) is 5.56 Å². The quantitative estimate of drug-likeness (QED) is 0.588. The number of Topliss-reactive ketones (excluding diaryl/α,β-unsaturated/α-hetero) is 1. The molecule has 0 bridgehead atoms. The number of fused-ring (bicyclic) bond motifs is 1. The highest BCUT2D eigenvalue weighted by molar-refractivity contribution is 7.10. The zero-order valence-corrected chi connectivity index (χ0v) is 17.5. The highest BCUT2D eigenvalue weighted by atomic mass is 32.1. The van der Waals surface area contributed by atoms with Crippen molar-refractivity contribution in [3.63, 3.8) is 0 Å². The molecule has 150 valence electrons. The van der Waals surface area contributed by atoms with Gasteiger partial charge >= 0.3 is 0 Å². The number of carbonyl (C=O) groups excluding carboxylic acids is 2. The van der Waals surface area contributed by atoms with Gasteiger partial charge in [-0.3, -0.25) is 14.5 Å². The Morgan fingerprint density at radius 2 is 1.77 bits per heavy atom. The summed E-state index contributed by atoms with van der Waals surface area (Å²) < 4.78 is 0. The predicted octanol–water partition coefficient (Wildman–Crippen LogP) is 5.67. The number of nitrogens with one attached hydrogen (secondary N) is 1. The molecule has 0 fully saturated rings. The number of thiophene rings is 1. The molecule has 1 N–H and O–H groups in total. The largest absolute Gasteiger partial charge is 0.357 e. The number of amides is 1. The van der Waals surface area contributed by atoms with Crippen LogP contribution in [0, 0.1) is 0 Å². The van der Waals surface area contributed by atoms with Gasteiger partial charge in [0.15, 0.2) is 5.78 Å². The van der Waals surface area contributed by atoms with Gasteiger partial charge < -0.3 is 5.32 Å². The minimum Gasteiger partial charge on any atom is -0.357 e. The number of para-hydroxylation sites is 2. The summed E-state index contributed by atoms with van der Waals surface area (Å²) in [5, 5.41) is 5.54. The molecule has 4 nitrogen and oxygen atoms in total. The van der Waals surface area contributed by atoms with Crippen LogP contribution in [0.5, 0.6) is 0 Å². The molecule has 0 spiro atoms. The fourth-order valence-electron chi connectivity index (χ4n) is 4.62. The lowest BCUT2D eigenvalue weighted by atomic mass is 9.79. The molecule has 0 saturated carbocycles. The number of anilines is 2. The molecule has 1 amide bonds. The van der Waals surface area contributed by atoms with E-state index in [4.69, 9.17) is 0 Å². The first-order chi connectivity index (χ1) is 14.6. The van der Waals surface area contributed by atoms with Crippen molar-refractivity contribution >= 4 is 34.4 Å². The molecule has 2 heterocycles. The molecule has 1 aromatic heterocycles. The number of rotatable bonds is 2. The zero-order chi connectivity index (χ0) is 20.7.